The highest BCUT2D eigenvalue weighted by molar-refractivity contribution is 5.76. The fourth-order valence-corrected chi connectivity index (χ4v) is 4.87. The van der Waals surface area contributed by atoms with E-state index in [0.717, 1.165) is 11.1 Å². The summed E-state index contributed by atoms with van der Waals surface area (Å²) in [5.41, 5.74) is -0.559. The zero-order valence-electron chi connectivity index (χ0n) is 33.0. The van der Waals surface area contributed by atoms with Crippen LogP contribution in [0.4, 0.5) is 0 Å². The molecule has 0 fully saturated rings. The van der Waals surface area contributed by atoms with E-state index in [4.69, 9.17) is 23.7 Å². The molecular weight excluding hydrogens is 682 g/mol. The van der Waals surface area contributed by atoms with Crippen molar-refractivity contribution in [1.82, 2.24) is 14.7 Å². The predicted octanol–water partition coefficient (Wildman–Crippen LogP) is 4.40. The maximum absolute atomic E-state index is 13.0. The highest BCUT2D eigenvalue weighted by Gasteiger charge is 2.26. The Bertz CT molecular complexity index is 1360. The second kappa shape index (κ2) is 21.4. The van der Waals surface area contributed by atoms with Crippen LogP contribution in [0.25, 0.3) is 0 Å². The lowest BCUT2D eigenvalue weighted by Crippen LogP contribution is -2.47. The number of ether oxygens (including phenoxy) is 5. The molecule has 0 unspecified atom stereocenters. The third-order valence-corrected chi connectivity index (χ3v) is 6.97. The molecule has 0 aliphatic carbocycles. The third-order valence-electron chi connectivity index (χ3n) is 6.97. The Labute approximate surface area is 314 Å². The minimum Gasteiger partial charge on any atom is -0.460 e. The lowest BCUT2D eigenvalue weighted by Gasteiger charge is -2.30. The lowest BCUT2D eigenvalue weighted by atomic mass is 10.2. The molecule has 2 rings (SSSR count). The number of hydrogen-bond acceptors (Lipinski definition) is 13. The van der Waals surface area contributed by atoms with Gasteiger partial charge >= 0.3 is 29.8 Å². The van der Waals surface area contributed by atoms with Crippen LogP contribution in [0.3, 0.4) is 0 Å². The molecule has 0 amide bonds. The van der Waals surface area contributed by atoms with Crippen molar-refractivity contribution in [1.29, 1.82) is 0 Å². The average molecular weight is 742 g/mol. The average Bonchev–Trinajstić information content (AvgIpc) is 3.02. The Morgan fingerprint density at radius 1 is 0.415 bits per heavy atom. The van der Waals surface area contributed by atoms with E-state index in [0.29, 0.717) is 0 Å². The van der Waals surface area contributed by atoms with Gasteiger partial charge in [0.25, 0.3) is 0 Å². The van der Waals surface area contributed by atoms with Crippen LogP contribution in [-0.2, 0) is 60.9 Å². The van der Waals surface area contributed by atoms with E-state index in [-0.39, 0.29) is 72.1 Å². The van der Waals surface area contributed by atoms with Crippen molar-refractivity contribution < 1.29 is 47.7 Å². The molecule has 2 aromatic rings. The van der Waals surface area contributed by atoms with Crippen molar-refractivity contribution in [2.75, 3.05) is 58.9 Å². The summed E-state index contributed by atoms with van der Waals surface area (Å²) in [7, 11) is 0. The summed E-state index contributed by atoms with van der Waals surface area (Å²) in [4.78, 5) is 69.6. The summed E-state index contributed by atoms with van der Waals surface area (Å²) in [6.45, 7) is 15.8. The molecule has 0 radical (unpaired) electrons. The smallest absolute Gasteiger partial charge is 0.320 e. The maximum atomic E-state index is 13.0. The molecule has 0 spiro atoms. The molecule has 2 aromatic carbocycles. The SMILES string of the molecule is CC(C)(C)OC(=O)CN(CCN(CC(=O)OCc1ccccc1)CC(=O)OCc1ccccc1)CCN(CC(=O)OC(C)(C)C)CC(=O)OC(C)(C)C. The summed E-state index contributed by atoms with van der Waals surface area (Å²) in [5, 5.41) is 0. The molecule has 0 saturated carbocycles. The normalized spacial score (nSPS) is 12.1. The number of hydrogen-bond donors (Lipinski definition) is 0. The predicted molar refractivity (Wildman–Crippen MR) is 199 cm³/mol. The Hall–Kier alpha value is -4.33. The van der Waals surface area contributed by atoms with Crippen LogP contribution in [0.5, 0.6) is 0 Å². The Kier molecular flexibility index (Phi) is 18.1. The molecule has 0 aromatic heterocycles. The first-order valence-corrected chi connectivity index (χ1v) is 17.9. The third kappa shape index (κ3) is 22.4. The van der Waals surface area contributed by atoms with Crippen molar-refractivity contribution in [3.63, 3.8) is 0 Å². The summed E-state index contributed by atoms with van der Waals surface area (Å²) >= 11 is 0. The van der Waals surface area contributed by atoms with Gasteiger partial charge in [0.15, 0.2) is 0 Å². The Morgan fingerprint density at radius 3 is 0.981 bits per heavy atom. The van der Waals surface area contributed by atoms with Gasteiger partial charge < -0.3 is 23.7 Å². The Morgan fingerprint density at radius 2 is 0.679 bits per heavy atom. The first-order valence-electron chi connectivity index (χ1n) is 17.9. The number of rotatable bonds is 20. The van der Waals surface area contributed by atoms with Crippen LogP contribution in [-0.4, -0.2) is 120 Å². The largest absolute Gasteiger partial charge is 0.460 e. The van der Waals surface area contributed by atoms with Gasteiger partial charge in [-0.05, 0) is 73.4 Å². The van der Waals surface area contributed by atoms with Crippen molar-refractivity contribution in [2.24, 2.45) is 0 Å². The van der Waals surface area contributed by atoms with Crippen molar-refractivity contribution in [3.05, 3.63) is 71.8 Å². The van der Waals surface area contributed by atoms with Gasteiger partial charge in [0.05, 0.1) is 32.7 Å². The minimum absolute atomic E-state index is 0.0713. The van der Waals surface area contributed by atoms with Crippen molar-refractivity contribution in [2.45, 2.75) is 92.3 Å². The molecule has 0 N–H and O–H groups in total. The van der Waals surface area contributed by atoms with Gasteiger partial charge in [-0.1, -0.05) is 60.7 Å². The molecule has 0 saturated heterocycles. The highest BCUT2D eigenvalue weighted by atomic mass is 16.6. The topological polar surface area (TPSA) is 141 Å². The first-order chi connectivity index (χ1) is 24.7. The van der Waals surface area contributed by atoms with Gasteiger partial charge in [0, 0.05) is 26.2 Å². The molecule has 0 heterocycles. The van der Waals surface area contributed by atoms with E-state index in [1.54, 1.807) is 77.0 Å². The van der Waals surface area contributed by atoms with Crippen molar-refractivity contribution in [3.8, 4) is 0 Å². The van der Waals surface area contributed by atoms with Crippen LogP contribution in [0.2, 0.25) is 0 Å². The van der Waals surface area contributed by atoms with Gasteiger partial charge in [-0.15, -0.1) is 0 Å². The minimum atomic E-state index is -0.737. The molecule has 0 aliphatic rings. The second-order valence-corrected chi connectivity index (χ2v) is 15.7. The van der Waals surface area contributed by atoms with E-state index < -0.39 is 46.6 Å². The van der Waals surface area contributed by atoms with Crippen LogP contribution in [0, 0.1) is 0 Å². The first kappa shape index (κ1) is 44.8. The molecule has 13 nitrogen and oxygen atoms in total. The second-order valence-electron chi connectivity index (χ2n) is 15.7. The summed E-state index contributed by atoms with van der Waals surface area (Å²) in [5.74, 6) is -2.60. The number of carbonyl (C=O) groups excluding carboxylic acids is 5. The van der Waals surface area contributed by atoms with Crippen LogP contribution in [0.15, 0.2) is 60.7 Å². The van der Waals surface area contributed by atoms with Crippen LogP contribution < -0.4 is 0 Å². The summed E-state index contributed by atoms with van der Waals surface area (Å²) in [6.07, 6.45) is 0. The molecule has 0 bridgehead atoms. The van der Waals surface area contributed by atoms with Gasteiger partial charge in [0.1, 0.15) is 30.0 Å². The lowest BCUT2D eigenvalue weighted by molar-refractivity contribution is -0.161. The Balaban J connectivity index is 2.23. The van der Waals surface area contributed by atoms with Crippen molar-refractivity contribution >= 4 is 29.8 Å². The number of carbonyl (C=O) groups is 5. The summed E-state index contributed by atoms with van der Waals surface area (Å²) < 4.78 is 27.6. The van der Waals surface area contributed by atoms with Gasteiger partial charge in [0.2, 0.25) is 0 Å². The molecular formula is C40H59N3O10. The highest BCUT2D eigenvalue weighted by Crippen LogP contribution is 2.12. The quantitative estimate of drug-likeness (QED) is 0.140. The van der Waals surface area contributed by atoms with Crippen LogP contribution >= 0.6 is 0 Å². The van der Waals surface area contributed by atoms with E-state index >= 15 is 0 Å². The zero-order valence-corrected chi connectivity index (χ0v) is 33.0. The van der Waals surface area contributed by atoms with E-state index in [1.807, 2.05) is 60.7 Å². The molecule has 0 aliphatic heterocycles. The van der Waals surface area contributed by atoms with Gasteiger partial charge in [-0.3, -0.25) is 38.7 Å². The van der Waals surface area contributed by atoms with Gasteiger partial charge in [-0.2, -0.15) is 0 Å². The van der Waals surface area contributed by atoms with Crippen LogP contribution in [0.1, 0.15) is 73.4 Å². The number of esters is 5. The number of benzene rings is 2. The van der Waals surface area contributed by atoms with Gasteiger partial charge in [-0.25, -0.2) is 0 Å². The molecule has 294 valence electrons. The maximum Gasteiger partial charge on any atom is 0.320 e. The van der Waals surface area contributed by atoms with E-state index in [9.17, 15) is 24.0 Å². The van der Waals surface area contributed by atoms with E-state index in [2.05, 4.69) is 0 Å². The zero-order chi connectivity index (χ0) is 39.7. The fraction of sp³-hybridized carbons (Fsp3) is 0.575. The fourth-order valence-electron chi connectivity index (χ4n) is 4.87. The monoisotopic (exact) mass is 741 g/mol. The molecule has 0 atom stereocenters. The summed E-state index contributed by atoms with van der Waals surface area (Å²) in [6, 6.07) is 18.5. The standard InChI is InChI=1S/C40H59N3O10/c1-38(2,3)51-35(46)26-41(21-23-43(27-36(47)52-39(4,5)6)28-37(48)53-40(7,8)9)20-22-42(24-33(44)49-29-31-16-12-10-13-17-31)25-34(45)50-30-32-18-14-11-15-19-32/h10-19H,20-30H2,1-9H3. The molecule has 13 heteroatoms. The van der Waals surface area contributed by atoms with E-state index in [1.165, 1.54) is 0 Å². The molecule has 53 heavy (non-hydrogen) atoms. The number of nitrogens with zero attached hydrogens (tertiary/aromatic N) is 3.